The number of aryl methyl sites for hydroxylation is 1. The Hall–Kier alpha value is -1.99. The third kappa shape index (κ3) is 3.67. The molecule has 0 aliphatic carbocycles. The van der Waals surface area contributed by atoms with Gasteiger partial charge in [0.05, 0.1) is 17.0 Å². The molecule has 1 aliphatic rings. The number of carbonyl (C=O) groups excluding carboxylic acids is 1. The van der Waals surface area contributed by atoms with Crippen LogP contribution in [0.4, 0.5) is 11.4 Å². The van der Waals surface area contributed by atoms with Crippen molar-refractivity contribution in [3.63, 3.8) is 0 Å². The molecule has 0 unspecified atom stereocenters. The van der Waals surface area contributed by atoms with E-state index in [1.165, 1.54) is 16.1 Å². The fourth-order valence-electron chi connectivity index (χ4n) is 2.85. The summed E-state index contributed by atoms with van der Waals surface area (Å²) in [5.41, 5.74) is 2.71. The number of rotatable bonds is 4. The van der Waals surface area contributed by atoms with Crippen molar-refractivity contribution >= 4 is 39.1 Å². The van der Waals surface area contributed by atoms with E-state index in [0.717, 1.165) is 10.5 Å². The first-order valence-electron chi connectivity index (χ1n) is 7.98. The topological polar surface area (TPSA) is 66.5 Å². The molecule has 0 aromatic heterocycles. The second-order valence-electron chi connectivity index (χ2n) is 5.90. The van der Waals surface area contributed by atoms with Crippen molar-refractivity contribution in [1.29, 1.82) is 0 Å². The van der Waals surface area contributed by atoms with E-state index < -0.39 is 10.0 Å². The third-order valence-corrected chi connectivity index (χ3v) is 6.87. The average Bonchev–Trinajstić information content (AvgIpc) is 2.96. The second kappa shape index (κ2) is 7.09. The maximum absolute atomic E-state index is 12.6. The standard InChI is InChI=1S/C18H20N2O3S2/c1-13-8-9-14(20-10-5-11-25(20,22)23)12-16(13)19-18(21)15-6-3-4-7-17(15)24-2/h3-4,6-9,12H,5,10-11H2,1-2H3,(H,19,21). The van der Waals surface area contributed by atoms with Gasteiger partial charge in [0.2, 0.25) is 10.0 Å². The molecule has 132 valence electrons. The van der Waals surface area contributed by atoms with Gasteiger partial charge >= 0.3 is 0 Å². The molecule has 1 amide bonds. The fourth-order valence-corrected chi connectivity index (χ4v) is 5.00. The molecule has 1 heterocycles. The Labute approximate surface area is 152 Å². The Balaban J connectivity index is 1.90. The van der Waals surface area contributed by atoms with Gasteiger partial charge in [0.1, 0.15) is 0 Å². The van der Waals surface area contributed by atoms with Crippen LogP contribution in [0.15, 0.2) is 47.4 Å². The normalized spacial score (nSPS) is 16.0. The van der Waals surface area contributed by atoms with Crippen molar-refractivity contribution in [2.45, 2.75) is 18.2 Å². The molecule has 0 saturated carbocycles. The summed E-state index contributed by atoms with van der Waals surface area (Å²) in [5.74, 6) is -0.0293. The van der Waals surface area contributed by atoms with E-state index in [2.05, 4.69) is 5.32 Å². The molecule has 5 nitrogen and oxygen atoms in total. The molecule has 0 radical (unpaired) electrons. The smallest absolute Gasteiger partial charge is 0.256 e. The Morgan fingerprint density at radius 3 is 2.64 bits per heavy atom. The first-order chi connectivity index (χ1) is 11.9. The van der Waals surface area contributed by atoms with Crippen LogP contribution in [0.25, 0.3) is 0 Å². The summed E-state index contributed by atoms with van der Waals surface area (Å²) in [4.78, 5) is 13.5. The SMILES string of the molecule is CSc1ccccc1C(=O)Nc1cc(N2CCCS2(=O)=O)ccc1C. The van der Waals surface area contributed by atoms with E-state index in [0.29, 0.717) is 29.9 Å². The van der Waals surface area contributed by atoms with Crippen LogP contribution in [0.5, 0.6) is 0 Å². The highest BCUT2D eigenvalue weighted by Gasteiger charge is 2.28. The molecular weight excluding hydrogens is 356 g/mol. The quantitative estimate of drug-likeness (QED) is 0.829. The van der Waals surface area contributed by atoms with Gasteiger partial charge in [-0.3, -0.25) is 9.10 Å². The van der Waals surface area contributed by atoms with Crippen LogP contribution in [-0.2, 0) is 10.0 Å². The minimum Gasteiger partial charge on any atom is -0.322 e. The van der Waals surface area contributed by atoms with E-state index in [1.54, 1.807) is 18.2 Å². The lowest BCUT2D eigenvalue weighted by molar-refractivity contribution is 0.102. The molecule has 0 spiro atoms. The van der Waals surface area contributed by atoms with Crippen LogP contribution in [0, 0.1) is 6.92 Å². The Kier molecular flexibility index (Phi) is 5.06. The molecule has 2 aromatic rings. The van der Waals surface area contributed by atoms with Gasteiger partial charge in [0.25, 0.3) is 5.91 Å². The number of sulfonamides is 1. The van der Waals surface area contributed by atoms with Crippen molar-refractivity contribution < 1.29 is 13.2 Å². The lowest BCUT2D eigenvalue weighted by atomic mass is 10.1. The lowest BCUT2D eigenvalue weighted by Gasteiger charge is -2.19. The van der Waals surface area contributed by atoms with Crippen LogP contribution in [0.3, 0.4) is 0 Å². The third-order valence-electron chi connectivity index (χ3n) is 4.21. The van der Waals surface area contributed by atoms with Gasteiger partial charge in [0.15, 0.2) is 0 Å². The molecule has 1 aliphatic heterocycles. The summed E-state index contributed by atoms with van der Waals surface area (Å²) >= 11 is 1.51. The number of anilines is 2. The van der Waals surface area contributed by atoms with Crippen molar-refractivity contribution in [3.05, 3.63) is 53.6 Å². The number of hydrogen-bond acceptors (Lipinski definition) is 4. The van der Waals surface area contributed by atoms with Crippen LogP contribution < -0.4 is 9.62 Å². The lowest BCUT2D eigenvalue weighted by Crippen LogP contribution is -2.25. The zero-order chi connectivity index (χ0) is 18.0. The largest absolute Gasteiger partial charge is 0.322 e. The first-order valence-corrected chi connectivity index (χ1v) is 10.8. The van der Waals surface area contributed by atoms with Crippen molar-refractivity contribution in [2.75, 3.05) is 28.2 Å². The average molecular weight is 377 g/mol. The van der Waals surface area contributed by atoms with Gasteiger partial charge in [-0.2, -0.15) is 0 Å². The highest BCUT2D eigenvalue weighted by molar-refractivity contribution is 7.98. The molecule has 7 heteroatoms. The minimum atomic E-state index is -3.24. The maximum atomic E-state index is 12.6. The van der Waals surface area contributed by atoms with Crippen molar-refractivity contribution in [3.8, 4) is 0 Å². The number of nitrogens with one attached hydrogen (secondary N) is 1. The summed E-state index contributed by atoms with van der Waals surface area (Å²) in [7, 11) is -3.24. The first kappa shape index (κ1) is 17.8. The van der Waals surface area contributed by atoms with E-state index in [9.17, 15) is 13.2 Å². The molecule has 3 rings (SSSR count). The predicted octanol–water partition coefficient (Wildman–Crippen LogP) is 3.51. The van der Waals surface area contributed by atoms with Crippen LogP contribution in [0.1, 0.15) is 22.3 Å². The van der Waals surface area contributed by atoms with E-state index >= 15 is 0 Å². The molecule has 2 aromatic carbocycles. The number of nitrogens with zero attached hydrogens (tertiary/aromatic N) is 1. The van der Waals surface area contributed by atoms with Crippen LogP contribution in [0.2, 0.25) is 0 Å². The van der Waals surface area contributed by atoms with Crippen LogP contribution >= 0.6 is 11.8 Å². The summed E-state index contributed by atoms with van der Waals surface area (Å²) in [6.45, 7) is 2.37. The Morgan fingerprint density at radius 2 is 1.96 bits per heavy atom. The molecule has 1 N–H and O–H groups in total. The Morgan fingerprint density at radius 1 is 1.20 bits per heavy atom. The summed E-state index contributed by atoms with van der Waals surface area (Å²) < 4.78 is 25.7. The number of hydrogen-bond donors (Lipinski definition) is 1. The van der Waals surface area contributed by atoms with Gasteiger partial charge in [-0.1, -0.05) is 18.2 Å². The zero-order valence-electron chi connectivity index (χ0n) is 14.2. The maximum Gasteiger partial charge on any atom is 0.256 e. The van der Waals surface area contributed by atoms with Crippen molar-refractivity contribution in [2.24, 2.45) is 0 Å². The molecular formula is C18H20N2O3S2. The van der Waals surface area contributed by atoms with E-state index in [1.807, 2.05) is 37.4 Å². The fraction of sp³-hybridized carbons (Fsp3) is 0.278. The van der Waals surface area contributed by atoms with E-state index in [4.69, 9.17) is 0 Å². The second-order valence-corrected chi connectivity index (χ2v) is 8.76. The predicted molar refractivity (Wildman–Crippen MR) is 103 cm³/mol. The minimum absolute atomic E-state index is 0.170. The van der Waals surface area contributed by atoms with Gasteiger partial charge < -0.3 is 5.32 Å². The monoisotopic (exact) mass is 376 g/mol. The summed E-state index contributed by atoms with van der Waals surface area (Å²) in [6, 6.07) is 12.8. The molecule has 0 bridgehead atoms. The van der Waals surface area contributed by atoms with Crippen molar-refractivity contribution in [1.82, 2.24) is 0 Å². The number of carbonyl (C=O) groups is 1. The number of benzene rings is 2. The summed E-state index contributed by atoms with van der Waals surface area (Å²) in [5, 5.41) is 2.92. The highest BCUT2D eigenvalue weighted by Crippen LogP contribution is 2.29. The number of thioether (sulfide) groups is 1. The highest BCUT2D eigenvalue weighted by atomic mass is 32.2. The van der Waals surface area contributed by atoms with E-state index in [-0.39, 0.29) is 11.7 Å². The van der Waals surface area contributed by atoms with Gasteiger partial charge in [0, 0.05) is 17.1 Å². The van der Waals surface area contributed by atoms with Crippen LogP contribution in [-0.4, -0.2) is 32.9 Å². The molecule has 0 atom stereocenters. The molecule has 25 heavy (non-hydrogen) atoms. The van der Waals surface area contributed by atoms with Gasteiger partial charge in [-0.15, -0.1) is 11.8 Å². The molecule has 1 saturated heterocycles. The number of amides is 1. The van der Waals surface area contributed by atoms with Gasteiger partial charge in [-0.05, 0) is 49.4 Å². The Bertz CT molecular complexity index is 910. The van der Waals surface area contributed by atoms with Gasteiger partial charge in [-0.25, -0.2) is 8.42 Å². The molecule has 1 fully saturated rings. The summed E-state index contributed by atoms with van der Waals surface area (Å²) in [6.07, 6.45) is 2.55. The zero-order valence-corrected chi connectivity index (χ0v) is 15.8.